The van der Waals surface area contributed by atoms with Crippen LogP contribution in [0.4, 0.5) is 0 Å². The third kappa shape index (κ3) is 1.28. The van der Waals surface area contributed by atoms with E-state index < -0.39 is 0 Å². The molecule has 0 radical (unpaired) electrons. The topological polar surface area (TPSA) is 34.9 Å². The normalized spacial score (nSPS) is 22.8. The van der Waals surface area contributed by atoms with Crippen LogP contribution in [-0.2, 0) is 6.42 Å². The summed E-state index contributed by atoms with van der Waals surface area (Å²) in [6.07, 6.45) is 10.7. The van der Waals surface area contributed by atoms with Gasteiger partial charge < -0.3 is 4.57 Å². The summed E-state index contributed by atoms with van der Waals surface area (Å²) in [7, 11) is 0. The number of nitrogens with zero attached hydrogens (tertiary/aromatic N) is 2. The van der Waals surface area contributed by atoms with Gasteiger partial charge in [0.1, 0.15) is 11.5 Å². The Morgan fingerprint density at radius 2 is 2.25 bits per heavy atom. The van der Waals surface area contributed by atoms with Crippen LogP contribution in [0.15, 0.2) is 18.2 Å². The molecule has 1 atom stereocenters. The minimum Gasteiger partial charge on any atom is -0.306 e. The second-order valence-corrected chi connectivity index (χ2v) is 4.43. The molecule has 0 bridgehead atoms. The first-order chi connectivity index (χ1) is 7.77. The number of ketones is 1. The van der Waals surface area contributed by atoms with Gasteiger partial charge in [-0.15, -0.1) is 0 Å². The molecule has 0 aromatic carbocycles. The van der Waals surface area contributed by atoms with Gasteiger partial charge in [0, 0.05) is 18.5 Å². The lowest BCUT2D eigenvalue weighted by Gasteiger charge is -2.11. The predicted molar refractivity (Wildman–Crippen MR) is 62.4 cm³/mol. The van der Waals surface area contributed by atoms with E-state index in [4.69, 9.17) is 0 Å². The average Bonchev–Trinajstić information content (AvgIpc) is 2.55. The van der Waals surface area contributed by atoms with Gasteiger partial charge in [-0.25, -0.2) is 4.98 Å². The summed E-state index contributed by atoms with van der Waals surface area (Å²) in [4.78, 5) is 16.3. The van der Waals surface area contributed by atoms with Gasteiger partial charge in [-0.2, -0.15) is 0 Å². The van der Waals surface area contributed by atoms with Crippen LogP contribution in [0.1, 0.15) is 47.7 Å². The Kier molecular flexibility index (Phi) is 2.06. The van der Waals surface area contributed by atoms with Crippen LogP contribution in [0, 0.1) is 0 Å². The Labute approximate surface area is 94.5 Å². The molecule has 2 heterocycles. The molecular formula is C13H14N2O. The van der Waals surface area contributed by atoms with E-state index in [-0.39, 0.29) is 11.7 Å². The number of aromatic nitrogens is 2. The van der Waals surface area contributed by atoms with Crippen LogP contribution >= 0.6 is 0 Å². The van der Waals surface area contributed by atoms with Crippen LogP contribution < -0.4 is 0 Å². The minimum absolute atomic E-state index is 0.200. The average molecular weight is 214 g/mol. The molecule has 0 spiro atoms. The lowest BCUT2D eigenvalue weighted by Crippen LogP contribution is -2.12. The zero-order valence-electron chi connectivity index (χ0n) is 9.31. The van der Waals surface area contributed by atoms with Crippen LogP contribution in [0.5, 0.6) is 0 Å². The minimum atomic E-state index is 0.200. The summed E-state index contributed by atoms with van der Waals surface area (Å²) in [6, 6.07) is 0. The number of hydrogen-bond acceptors (Lipinski definition) is 2. The molecule has 0 N–H and O–H groups in total. The fourth-order valence-electron chi connectivity index (χ4n) is 2.42. The lowest BCUT2D eigenvalue weighted by atomic mass is 10.00. The zero-order chi connectivity index (χ0) is 11.1. The van der Waals surface area contributed by atoms with Crippen molar-refractivity contribution in [3.05, 3.63) is 35.4 Å². The van der Waals surface area contributed by atoms with E-state index in [1.165, 1.54) is 0 Å². The van der Waals surface area contributed by atoms with E-state index >= 15 is 0 Å². The summed E-state index contributed by atoms with van der Waals surface area (Å²) < 4.78 is 2.09. The van der Waals surface area contributed by atoms with Gasteiger partial charge in [-0.1, -0.05) is 19.1 Å². The summed E-state index contributed by atoms with van der Waals surface area (Å²) in [5, 5.41) is 0. The second kappa shape index (κ2) is 3.44. The number of carbonyl (C=O) groups is 1. The van der Waals surface area contributed by atoms with Crippen molar-refractivity contribution in [2.45, 2.75) is 32.1 Å². The second-order valence-electron chi connectivity index (χ2n) is 4.43. The van der Waals surface area contributed by atoms with E-state index in [0.717, 1.165) is 24.4 Å². The molecular weight excluding hydrogens is 200 g/mol. The summed E-state index contributed by atoms with van der Waals surface area (Å²) in [6.45, 7) is 2.11. The molecule has 2 aliphatic rings. The standard InChI is InChI=1S/C13H14N2O/c1-9-5-2-3-8-15-10-6-4-7-11(16)12(10)14-13(9)15/h2-3,5,8-9H,4,6-7H2,1H3. The summed E-state index contributed by atoms with van der Waals surface area (Å²) >= 11 is 0. The highest BCUT2D eigenvalue weighted by Gasteiger charge is 2.26. The van der Waals surface area contributed by atoms with Crippen molar-refractivity contribution >= 4 is 12.0 Å². The first-order valence-corrected chi connectivity index (χ1v) is 5.76. The Balaban J connectivity index is 2.22. The van der Waals surface area contributed by atoms with Crippen molar-refractivity contribution in [3.8, 4) is 0 Å². The van der Waals surface area contributed by atoms with E-state index in [1.54, 1.807) is 0 Å². The van der Waals surface area contributed by atoms with Crippen molar-refractivity contribution < 1.29 is 4.79 Å². The molecule has 0 saturated carbocycles. The molecule has 1 aromatic rings. The van der Waals surface area contributed by atoms with E-state index in [0.29, 0.717) is 12.1 Å². The number of hydrogen-bond donors (Lipinski definition) is 0. The SMILES string of the molecule is CC1C=CC=Cn2c1nc1c2CCCC1=O. The van der Waals surface area contributed by atoms with Gasteiger partial charge in [-0.3, -0.25) is 4.79 Å². The largest absolute Gasteiger partial charge is 0.306 e. The molecule has 0 saturated heterocycles. The molecule has 3 heteroatoms. The molecule has 1 unspecified atom stereocenters. The van der Waals surface area contributed by atoms with Crippen molar-refractivity contribution in [1.82, 2.24) is 9.55 Å². The van der Waals surface area contributed by atoms with Gasteiger partial charge in [0.15, 0.2) is 5.78 Å². The molecule has 16 heavy (non-hydrogen) atoms. The molecule has 0 amide bonds. The zero-order valence-corrected chi connectivity index (χ0v) is 9.31. The Bertz CT molecular complexity index is 508. The summed E-state index contributed by atoms with van der Waals surface area (Å²) in [5.41, 5.74) is 1.80. The third-order valence-electron chi connectivity index (χ3n) is 3.27. The van der Waals surface area contributed by atoms with Crippen LogP contribution in [0.3, 0.4) is 0 Å². The maximum atomic E-state index is 11.8. The fourth-order valence-corrected chi connectivity index (χ4v) is 2.42. The number of allylic oxidation sites excluding steroid dienone is 3. The van der Waals surface area contributed by atoms with Crippen molar-refractivity contribution in [2.24, 2.45) is 0 Å². The maximum absolute atomic E-state index is 11.8. The Morgan fingerprint density at radius 3 is 3.12 bits per heavy atom. The summed E-state index contributed by atoms with van der Waals surface area (Å²) in [5.74, 6) is 1.46. The molecule has 1 aliphatic heterocycles. The number of fused-ring (bicyclic) bond motifs is 3. The molecule has 1 aromatic heterocycles. The number of rotatable bonds is 0. The number of carbonyl (C=O) groups excluding carboxylic acids is 1. The molecule has 82 valence electrons. The smallest absolute Gasteiger partial charge is 0.183 e. The molecule has 0 fully saturated rings. The van der Waals surface area contributed by atoms with Gasteiger partial charge in [0.2, 0.25) is 0 Å². The molecule has 3 rings (SSSR count). The van der Waals surface area contributed by atoms with Crippen LogP contribution in [0.25, 0.3) is 6.20 Å². The van der Waals surface area contributed by atoms with Gasteiger partial charge in [-0.05, 0) is 18.9 Å². The van der Waals surface area contributed by atoms with Gasteiger partial charge in [0.05, 0.1) is 5.69 Å². The Morgan fingerprint density at radius 1 is 1.38 bits per heavy atom. The fraction of sp³-hybridized carbons (Fsp3) is 0.385. The highest BCUT2D eigenvalue weighted by atomic mass is 16.1. The maximum Gasteiger partial charge on any atom is 0.183 e. The van der Waals surface area contributed by atoms with Gasteiger partial charge in [0.25, 0.3) is 0 Å². The highest BCUT2D eigenvalue weighted by molar-refractivity contribution is 5.96. The monoisotopic (exact) mass is 214 g/mol. The number of imidazole rings is 1. The first-order valence-electron chi connectivity index (χ1n) is 5.76. The third-order valence-corrected chi connectivity index (χ3v) is 3.27. The lowest BCUT2D eigenvalue weighted by molar-refractivity contribution is 0.0967. The molecule has 1 aliphatic carbocycles. The van der Waals surface area contributed by atoms with Crippen LogP contribution in [-0.4, -0.2) is 15.3 Å². The predicted octanol–water partition coefficient (Wildman–Crippen LogP) is 2.55. The van der Waals surface area contributed by atoms with E-state index in [2.05, 4.69) is 22.6 Å². The van der Waals surface area contributed by atoms with Gasteiger partial charge >= 0.3 is 0 Å². The Hall–Kier alpha value is -1.64. The van der Waals surface area contributed by atoms with Crippen LogP contribution in [0.2, 0.25) is 0 Å². The first kappa shape index (κ1) is 9.58. The molecule has 3 nitrogen and oxygen atoms in total. The van der Waals surface area contributed by atoms with Crippen molar-refractivity contribution in [2.75, 3.05) is 0 Å². The van der Waals surface area contributed by atoms with Crippen molar-refractivity contribution in [3.63, 3.8) is 0 Å². The highest BCUT2D eigenvalue weighted by Crippen LogP contribution is 2.28. The van der Waals surface area contributed by atoms with E-state index in [9.17, 15) is 4.79 Å². The van der Waals surface area contributed by atoms with Crippen molar-refractivity contribution in [1.29, 1.82) is 0 Å². The quantitative estimate of drug-likeness (QED) is 0.665. The van der Waals surface area contributed by atoms with E-state index in [1.807, 2.05) is 18.4 Å². The number of Topliss-reactive ketones (excluding diaryl/α,β-unsaturated/α-hetero) is 1.